The molecule has 0 bridgehead atoms. The summed E-state index contributed by atoms with van der Waals surface area (Å²) in [6.07, 6.45) is 3.55. The van der Waals surface area contributed by atoms with Gasteiger partial charge in [-0.25, -0.2) is 8.78 Å². The van der Waals surface area contributed by atoms with E-state index in [1.54, 1.807) is 6.07 Å². The zero-order chi connectivity index (χ0) is 13.2. The molecule has 1 heterocycles. The second-order valence-corrected chi connectivity index (χ2v) is 6.09. The third-order valence-corrected chi connectivity index (χ3v) is 4.03. The van der Waals surface area contributed by atoms with E-state index in [0.29, 0.717) is 10.9 Å². The Bertz CT molecular complexity index is 414. The van der Waals surface area contributed by atoms with Gasteiger partial charge in [-0.2, -0.15) is 0 Å². The van der Waals surface area contributed by atoms with Gasteiger partial charge in [0.1, 0.15) is 11.5 Å². The van der Waals surface area contributed by atoms with Crippen LogP contribution in [0.3, 0.4) is 0 Å². The molecular weight excluding hydrogens is 300 g/mol. The van der Waals surface area contributed by atoms with Gasteiger partial charge in [-0.1, -0.05) is 22.4 Å². The molecule has 0 radical (unpaired) electrons. The number of alkyl halides is 1. The van der Waals surface area contributed by atoms with Crippen LogP contribution in [-0.2, 0) is 5.67 Å². The number of benzene rings is 1. The molecule has 1 nitrogen and oxygen atoms in total. The van der Waals surface area contributed by atoms with Gasteiger partial charge in [-0.05, 0) is 44.5 Å². The molecule has 1 aromatic carbocycles. The summed E-state index contributed by atoms with van der Waals surface area (Å²) in [5, 5.41) is 3.30. The lowest BCUT2D eigenvalue weighted by molar-refractivity contribution is 0.141. The molecule has 1 saturated heterocycles. The number of piperidine rings is 1. The van der Waals surface area contributed by atoms with Gasteiger partial charge < -0.3 is 5.32 Å². The fourth-order valence-corrected chi connectivity index (χ4v) is 2.93. The van der Waals surface area contributed by atoms with Crippen LogP contribution in [0.15, 0.2) is 22.7 Å². The Labute approximate surface area is 115 Å². The van der Waals surface area contributed by atoms with Crippen molar-refractivity contribution in [3.63, 3.8) is 0 Å². The summed E-state index contributed by atoms with van der Waals surface area (Å²) in [5.41, 5.74) is -1.49. The van der Waals surface area contributed by atoms with Crippen LogP contribution in [0.4, 0.5) is 8.78 Å². The predicted octanol–water partition coefficient (Wildman–Crippen LogP) is 4.31. The smallest absolute Gasteiger partial charge is 0.137 e. The van der Waals surface area contributed by atoms with Crippen molar-refractivity contribution in [2.45, 2.75) is 44.3 Å². The Morgan fingerprint density at radius 3 is 2.89 bits per heavy atom. The van der Waals surface area contributed by atoms with Crippen LogP contribution in [0.25, 0.3) is 0 Å². The lowest BCUT2D eigenvalue weighted by Gasteiger charge is -2.30. The fraction of sp³-hybridized carbons (Fsp3) is 0.571. The summed E-state index contributed by atoms with van der Waals surface area (Å²) in [7, 11) is 0. The van der Waals surface area contributed by atoms with Crippen molar-refractivity contribution in [1.82, 2.24) is 5.32 Å². The molecule has 100 valence electrons. The van der Waals surface area contributed by atoms with Crippen LogP contribution in [-0.4, -0.2) is 12.6 Å². The third kappa shape index (κ3) is 3.29. The highest BCUT2D eigenvalue weighted by Crippen LogP contribution is 2.35. The topological polar surface area (TPSA) is 12.0 Å². The van der Waals surface area contributed by atoms with Gasteiger partial charge >= 0.3 is 0 Å². The molecule has 1 aromatic rings. The molecule has 1 aliphatic heterocycles. The first-order chi connectivity index (χ1) is 8.49. The molecule has 18 heavy (non-hydrogen) atoms. The van der Waals surface area contributed by atoms with E-state index < -0.39 is 11.5 Å². The summed E-state index contributed by atoms with van der Waals surface area (Å²) in [6, 6.07) is 4.59. The molecule has 0 aliphatic carbocycles. The molecule has 2 rings (SSSR count). The van der Waals surface area contributed by atoms with E-state index in [0.717, 1.165) is 25.8 Å². The Balaban J connectivity index is 2.15. The number of hydrogen-bond acceptors (Lipinski definition) is 1. The number of hydrogen-bond donors (Lipinski definition) is 1. The molecule has 4 heteroatoms. The van der Waals surface area contributed by atoms with Crippen LogP contribution < -0.4 is 5.32 Å². The maximum Gasteiger partial charge on any atom is 0.137 e. The molecule has 1 aliphatic rings. The summed E-state index contributed by atoms with van der Waals surface area (Å²) in [6.45, 7) is 2.40. The number of halogens is 3. The van der Waals surface area contributed by atoms with Gasteiger partial charge in [0.25, 0.3) is 0 Å². The molecule has 0 spiro atoms. The van der Waals surface area contributed by atoms with Gasteiger partial charge in [-0.3, -0.25) is 0 Å². The zero-order valence-electron chi connectivity index (χ0n) is 10.5. The Morgan fingerprint density at radius 2 is 2.22 bits per heavy atom. The fourth-order valence-electron chi connectivity index (χ4n) is 2.57. The first-order valence-electron chi connectivity index (χ1n) is 6.37. The van der Waals surface area contributed by atoms with Crippen molar-refractivity contribution < 1.29 is 8.78 Å². The predicted molar refractivity (Wildman–Crippen MR) is 72.8 cm³/mol. The largest absolute Gasteiger partial charge is 0.314 e. The Kier molecular flexibility index (Phi) is 4.38. The highest BCUT2D eigenvalue weighted by Gasteiger charge is 2.32. The van der Waals surface area contributed by atoms with E-state index in [-0.39, 0.29) is 11.6 Å². The summed E-state index contributed by atoms with van der Waals surface area (Å²) >= 11 is 3.27. The SMILES string of the molecule is CC(F)(CC1CCCCN1)c1cc(Br)ccc1F. The minimum atomic E-state index is -1.64. The van der Waals surface area contributed by atoms with Crippen molar-refractivity contribution in [3.8, 4) is 0 Å². The van der Waals surface area contributed by atoms with Gasteiger partial charge in [0, 0.05) is 22.5 Å². The monoisotopic (exact) mass is 317 g/mol. The maximum atomic E-state index is 14.7. The van der Waals surface area contributed by atoms with Crippen LogP contribution >= 0.6 is 15.9 Å². The number of nitrogens with one attached hydrogen (secondary N) is 1. The lowest BCUT2D eigenvalue weighted by Crippen LogP contribution is -2.38. The van der Waals surface area contributed by atoms with Gasteiger partial charge in [0.2, 0.25) is 0 Å². The van der Waals surface area contributed by atoms with Gasteiger partial charge in [0.15, 0.2) is 0 Å². The van der Waals surface area contributed by atoms with Gasteiger partial charge in [0.05, 0.1) is 0 Å². The Hall–Kier alpha value is -0.480. The van der Waals surface area contributed by atoms with Crippen LogP contribution in [0.2, 0.25) is 0 Å². The van der Waals surface area contributed by atoms with Crippen molar-refractivity contribution in [3.05, 3.63) is 34.1 Å². The minimum absolute atomic E-state index is 0.143. The van der Waals surface area contributed by atoms with Crippen molar-refractivity contribution >= 4 is 15.9 Å². The van der Waals surface area contributed by atoms with Crippen LogP contribution in [0, 0.1) is 5.82 Å². The first-order valence-corrected chi connectivity index (χ1v) is 7.16. The lowest BCUT2D eigenvalue weighted by atomic mass is 9.87. The molecule has 0 aromatic heterocycles. The van der Waals surface area contributed by atoms with E-state index in [2.05, 4.69) is 21.2 Å². The second-order valence-electron chi connectivity index (χ2n) is 5.17. The molecular formula is C14H18BrF2N. The highest BCUT2D eigenvalue weighted by molar-refractivity contribution is 9.10. The normalized spacial score (nSPS) is 23.7. The minimum Gasteiger partial charge on any atom is -0.314 e. The molecule has 2 unspecified atom stereocenters. The van der Waals surface area contributed by atoms with Crippen LogP contribution in [0.1, 0.15) is 38.2 Å². The first kappa shape index (κ1) is 13.9. The van der Waals surface area contributed by atoms with Crippen molar-refractivity contribution in [2.75, 3.05) is 6.54 Å². The van der Waals surface area contributed by atoms with E-state index in [9.17, 15) is 8.78 Å². The standard InChI is InChI=1S/C14H18BrF2N/c1-14(17,9-11-4-2-3-7-18-11)12-8-10(15)5-6-13(12)16/h5-6,8,11,18H,2-4,7,9H2,1H3. The van der Waals surface area contributed by atoms with E-state index >= 15 is 0 Å². The summed E-state index contributed by atoms with van der Waals surface area (Å²) < 4.78 is 29.2. The van der Waals surface area contributed by atoms with Gasteiger partial charge in [-0.15, -0.1) is 0 Å². The number of rotatable bonds is 3. The maximum absolute atomic E-state index is 14.7. The third-order valence-electron chi connectivity index (χ3n) is 3.53. The zero-order valence-corrected chi connectivity index (χ0v) is 12.1. The molecule has 1 N–H and O–H groups in total. The molecule has 0 amide bonds. The van der Waals surface area contributed by atoms with E-state index in [1.807, 2.05) is 0 Å². The highest BCUT2D eigenvalue weighted by atomic mass is 79.9. The second kappa shape index (κ2) is 5.66. The average Bonchev–Trinajstić information content (AvgIpc) is 2.33. The molecule has 0 saturated carbocycles. The van der Waals surface area contributed by atoms with E-state index in [4.69, 9.17) is 0 Å². The van der Waals surface area contributed by atoms with Crippen molar-refractivity contribution in [1.29, 1.82) is 0 Å². The quantitative estimate of drug-likeness (QED) is 0.876. The Morgan fingerprint density at radius 1 is 1.44 bits per heavy atom. The summed E-state index contributed by atoms with van der Waals surface area (Å²) in [5.74, 6) is -0.473. The van der Waals surface area contributed by atoms with Crippen molar-refractivity contribution in [2.24, 2.45) is 0 Å². The summed E-state index contributed by atoms with van der Waals surface area (Å²) in [4.78, 5) is 0. The van der Waals surface area contributed by atoms with E-state index in [1.165, 1.54) is 19.1 Å². The molecule has 1 fully saturated rings. The van der Waals surface area contributed by atoms with Crippen LogP contribution in [0.5, 0.6) is 0 Å². The molecule has 2 atom stereocenters. The average molecular weight is 318 g/mol.